The van der Waals surface area contributed by atoms with Crippen molar-refractivity contribution < 1.29 is 14.7 Å². The van der Waals surface area contributed by atoms with Gasteiger partial charge in [0, 0.05) is 5.69 Å². The summed E-state index contributed by atoms with van der Waals surface area (Å²) in [6, 6.07) is 16.0. The first-order valence-corrected chi connectivity index (χ1v) is 6.81. The molecule has 21 heavy (non-hydrogen) atoms. The molecular weight excluding hydrogens is 266 g/mol. The Morgan fingerprint density at radius 1 is 1.10 bits per heavy atom. The lowest BCUT2D eigenvalue weighted by atomic mass is 9.93. The average molecular weight is 281 g/mol. The van der Waals surface area contributed by atoms with Crippen LogP contribution in [0.25, 0.3) is 0 Å². The number of carbonyl (C=O) groups is 2. The lowest BCUT2D eigenvalue weighted by Gasteiger charge is -2.22. The molecular formula is C17H15NO3. The smallest absolute Gasteiger partial charge is 0.326 e. The van der Waals surface area contributed by atoms with E-state index in [1.54, 1.807) is 6.07 Å². The van der Waals surface area contributed by atoms with Gasteiger partial charge in [-0.2, -0.15) is 0 Å². The van der Waals surface area contributed by atoms with Crippen LogP contribution >= 0.6 is 0 Å². The molecule has 1 aliphatic heterocycles. The maximum absolute atomic E-state index is 12.8. The van der Waals surface area contributed by atoms with Gasteiger partial charge in [0.05, 0.1) is 5.92 Å². The van der Waals surface area contributed by atoms with Gasteiger partial charge in [0.1, 0.15) is 6.04 Å². The van der Waals surface area contributed by atoms with Crippen molar-refractivity contribution in [3.63, 3.8) is 0 Å². The Balaban J connectivity index is 2.13. The van der Waals surface area contributed by atoms with E-state index in [0.717, 1.165) is 11.1 Å². The van der Waals surface area contributed by atoms with Crippen LogP contribution < -0.4 is 4.90 Å². The van der Waals surface area contributed by atoms with Gasteiger partial charge in [-0.3, -0.25) is 9.69 Å². The predicted octanol–water partition coefficient (Wildman–Crippen LogP) is 2.64. The summed E-state index contributed by atoms with van der Waals surface area (Å²) in [5, 5.41) is 9.25. The molecule has 4 heteroatoms. The Morgan fingerprint density at radius 3 is 2.38 bits per heavy atom. The van der Waals surface area contributed by atoms with Gasteiger partial charge in [-0.05, 0) is 24.1 Å². The molecule has 0 fully saturated rings. The third kappa shape index (κ3) is 2.09. The van der Waals surface area contributed by atoms with Crippen LogP contribution in [0, 0.1) is 0 Å². The summed E-state index contributed by atoms with van der Waals surface area (Å²) < 4.78 is 0. The molecule has 3 rings (SSSR count). The van der Waals surface area contributed by atoms with Gasteiger partial charge in [-0.1, -0.05) is 48.5 Å². The third-order valence-corrected chi connectivity index (χ3v) is 3.87. The minimum atomic E-state index is -1.01. The van der Waals surface area contributed by atoms with Crippen LogP contribution in [-0.2, 0) is 9.59 Å². The molecule has 0 spiro atoms. The fraction of sp³-hybridized carbons (Fsp3) is 0.176. The number of nitrogens with zero attached hydrogens (tertiary/aromatic N) is 1. The number of fused-ring (bicyclic) bond motifs is 1. The quantitative estimate of drug-likeness (QED) is 0.941. The topological polar surface area (TPSA) is 57.6 Å². The monoisotopic (exact) mass is 281 g/mol. The van der Waals surface area contributed by atoms with Crippen LogP contribution in [0.3, 0.4) is 0 Å². The first-order valence-electron chi connectivity index (χ1n) is 6.81. The first kappa shape index (κ1) is 13.4. The predicted molar refractivity (Wildman–Crippen MR) is 79.3 cm³/mol. The second kappa shape index (κ2) is 5.05. The highest BCUT2D eigenvalue weighted by molar-refractivity contribution is 6.10. The molecule has 4 nitrogen and oxygen atoms in total. The van der Waals surface area contributed by atoms with E-state index in [1.807, 2.05) is 48.5 Å². The number of rotatable bonds is 3. The molecule has 0 radical (unpaired) electrons. The minimum Gasteiger partial charge on any atom is -0.480 e. The summed E-state index contributed by atoms with van der Waals surface area (Å²) in [5.41, 5.74) is 2.43. The van der Waals surface area contributed by atoms with Crippen molar-refractivity contribution in [3.05, 3.63) is 65.7 Å². The van der Waals surface area contributed by atoms with Crippen molar-refractivity contribution in [1.29, 1.82) is 0 Å². The van der Waals surface area contributed by atoms with Crippen molar-refractivity contribution in [2.24, 2.45) is 0 Å². The average Bonchev–Trinajstić information content (AvgIpc) is 2.79. The number of anilines is 1. The molecule has 0 saturated heterocycles. The number of para-hydroxylation sites is 1. The number of aliphatic carboxylic acids is 1. The summed E-state index contributed by atoms with van der Waals surface area (Å²) in [4.78, 5) is 25.4. The van der Waals surface area contributed by atoms with Crippen LogP contribution in [0.1, 0.15) is 24.0 Å². The zero-order chi connectivity index (χ0) is 15.0. The Bertz CT molecular complexity index is 696. The minimum absolute atomic E-state index is 0.183. The zero-order valence-corrected chi connectivity index (χ0v) is 11.6. The molecule has 1 amide bonds. The number of hydrogen-bond donors (Lipinski definition) is 1. The van der Waals surface area contributed by atoms with Crippen LogP contribution in [0.5, 0.6) is 0 Å². The van der Waals surface area contributed by atoms with E-state index in [1.165, 1.54) is 11.8 Å². The number of carboxylic acids is 1. The van der Waals surface area contributed by atoms with Crippen molar-refractivity contribution in [2.45, 2.75) is 18.9 Å². The number of amides is 1. The standard InChI is InChI=1S/C17H15NO3/c1-11(17(20)21)18-14-10-6-5-9-13(14)15(16(18)19)12-7-3-2-4-8-12/h2-11,15H,1H3,(H,20,21). The van der Waals surface area contributed by atoms with Crippen LogP contribution in [0.4, 0.5) is 5.69 Å². The molecule has 1 aliphatic rings. The van der Waals surface area contributed by atoms with E-state index in [2.05, 4.69) is 0 Å². The van der Waals surface area contributed by atoms with E-state index in [0.29, 0.717) is 5.69 Å². The number of carboxylic acid groups (broad SMARTS) is 1. The Kier molecular flexibility index (Phi) is 3.22. The second-order valence-electron chi connectivity index (χ2n) is 5.12. The van der Waals surface area contributed by atoms with Gasteiger partial charge in [0.25, 0.3) is 0 Å². The van der Waals surface area contributed by atoms with E-state index in [4.69, 9.17) is 0 Å². The van der Waals surface area contributed by atoms with E-state index < -0.39 is 17.9 Å². The lowest BCUT2D eigenvalue weighted by Crippen LogP contribution is -2.42. The fourth-order valence-electron chi connectivity index (χ4n) is 2.82. The first-order chi connectivity index (χ1) is 10.1. The van der Waals surface area contributed by atoms with Gasteiger partial charge in [0.15, 0.2) is 0 Å². The molecule has 2 unspecified atom stereocenters. The largest absolute Gasteiger partial charge is 0.480 e. The van der Waals surface area contributed by atoms with Gasteiger partial charge in [-0.25, -0.2) is 4.79 Å². The molecule has 106 valence electrons. The Morgan fingerprint density at radius 2 is 1.71 bits per heavy atom. The summed E-state index contributed by atoms with van der Waals surface area (Å²) >= 11 is 0. The zero-order valence-electron chi connectivity index (χ0n) is 11.6. The fourth-order valence-corrected chi connectivity index (χ4v) is 2.82. The highest BCUT2D eigenvalue weighted by atomic mass is 16.4. The summed E-state index contributed by atoms with van der Waals surface area (Å²) in [6.45, 7) is 1.53. The van der Waals surface area contributed by atoms with Gasteiger partial charge < -0.3 is 5.11 Å². The van der Waals surface area contributed by atoms with Crippen molar-refractivity contribution >= 4 is 17.6 Å². The van der Waals surface area contributed by atoms with Crippen LogP contribution in [0.15, 0.2) is 54.6 Å². The van der Waals surface area contributed by atoms with E-state index in [9.17, 15) is 14.7 Å². The van der Waals surface area contributed by atoms with Crippen LogP contribution in [0.2, 0.25) is 0 Å². The molecule has 0 aliphatic carbocycles. The molecule has 0 saturated carbocycles. The van der Waals surface area contributed by atoms with Gasteiger partial charge >= 0.3 is 5.97 Å². The van der Waals surface area contributed by atoms with E-state index >= 15 is 0 Å². The van der Waals surface area contributed by atoms with Crippen molar-refractivity contribution in [3.8, 4) is 0 Å². The SMILES string of the molecule is CC(C(=O)O)N1C(=O)C(c2ccccc2)c2ccccc21. The third-order valence-electron chi connectivity index (χ3n) is 3.87. The molecule has 1 N–H and O–H groups in total. The summed E-state index contributed by atoms with van der Waals surface area (Å²) in [5.74, 6) is -1.62. The summed E-state index contributed by atoms with van der Waals surface area (Å²) in [7, 11) is 0. The maximum atomic E-state index is 12.8. The van der Waals surface area contributed by atoms with Crippen molar-refractivity contribution in [2.75, 3.05) is 4.90 Å². The number of hydrogen-bond acceptors (Lipinski definition) is 2. The Hall–Kier alpha value is -2.62. The number of carbonyl (C=O) groups excluding carboxylic acids is 1. The molecule has 0 aromatic heterocycles. The van der Waals surface area contributed by atoms with Gasteiger partial charge in [-0.15, -0.1) is 0 Å². The Labute approximate surface area is 122 Å². The highest BCUT2D eigenvalue weighted by Gasteiger charge is 2.41. The second-order valence-corrected chi connectivity index (χ2v) is 5.12. The highest BCUT2D eigenvalue weighted by Crippen LogP contribution is 2.41. The molecule has 1 heterocycles. The molecule has 0 bridgehead atoms. The normalized spacial score (nSPS) is 18.4. The van der Waals surface area contributed by atoms with Crippen molar-refractivity contribution in [1.82, 2.24) is 0 Å². The lowest BCUT2D eigenvalue weighted by molar-refractivity contribution is -0.139. The van der Waals surface area contributed by atoms with Crippen LogP contribution in [-0.4, -0.2) is 23.0 Å². The summed E-state index contributed by atoms with van der Waals surface area (Å²) in [6.07, 6.45) is 0. The van der Waals surface area contributed by atoms with Gasteiger partial charge in [0.2, 0.25) is 5.91 Å². The molecule has 2 aromatic rings. The molecule has 2 aromatic carbocycles. The molecule has 2 atom stereocenters. The number of benzene rings is 2. The van der Waals surface area contributed by atoms with E-state index in [-0.39, 0.29) is 5.91 Å². The maximum Gasteiger partial charge on any atom is 0.326 e.